The topological polar surface area (TPSA) is 24.9 Å². The van der Waals surface area contributed by atoms with Gasteiger partial charge >= 0.3 is 0 Å². The molecule has 0 fully saturated rings. The van der Waals surface area contributed by atoms with Crippen molar-refractivity contribution >= 4 is 5.82 Å². The largest absolute Gasteiger partial charge is 0.364 e. The zero-order chi connectivity index (χ0) is 10.6. The van der Waals surface area contributed by atoms with Gasteiger partial charge in [-0.3, -0.25) is 0 Å². The van der Waals surface area contributed by atoms with E-state index in [1.54, 1.807) is 12.3 Å². The smallest absolute Gasteiger partial charge is 0.255 e. The molecule has 1 aromatic heterocycles. The fraction of sp³-hybridized carbons (Fsp3) is 0.500. The monoisotopic (exact) mass is 200 g/mol. The van der Waals surface area contributed by atoms with Crippen LogP contribution in [0.15, 0.2) is 18.3 Å². The van der Waals surface area contributed by atoms with Crippen molar-refractivity contribution in [1.29, 1.82) is 0 Å². The Labute approximate surface area is 82.4 Å². The number of aromatic nitrogens is 1. The average Bonchev–Trinajstić information content (AvgIpc) is 2.15. The normalized spacial score (nSPS) is 11.0. The molecule has 0 aromatic carbocycles. The van der Waals surface area contributed by atoms with Crippen molar-refractivity contribution < 1.29 is 8.78 Å². The van der Waals surface area contributed by atoms with Crippen LogP contribution < -0.4 is 5.32 Å². The first-order valence-electron chi connectivity index (χ1n) is 4.57. The van der Waals surface area contributed by atoms with E-state index in [0.29, 0.717) is 11.7 Å². The van der Waals surface area contributed by atoms with Crippen molar-refractivity contribution in [1.82, 2.24) is 4.98 Å². The van der Waals surface area contributed by atoms with Gasteiger partial charge in [0.2, 0.25) is 0 Å². The summed E-state index contributed by atoms with van der Waals surface area (Å²) in [5.74, 6) is 0.904. The lowest BCUT2D eigenvalue weighted by molar-refractivity contribution is 0.163. The summed E-state index contributed by atoms with van der Waals surface area (Å²) >= 11 is 0. The molecule has 0 amide bonds. The van der Waals surface area contributed by atoms with Crippen LogP contribution in [-0.2, 0) is 0 Å². The minimum Gasteiger partial charge on any atom is -0.364 e. The summed E-state index contributed by atoms with van der Waals surface area (Å²) in [5.41, 5.74) is 1.10. The van der Waals surface area contributed by atoms with Gasteiger partial charge in [0, 0.05) is 6.20 Å². The van der Waals surface area contributed by atoms with E-state index in [1.165, 1.54) is 0 Å². The molecule has 0 aliphatic heterocycles. The summed E-state index contributed by atoms with van der Waals surface area (Å²) < 4.78 is 23.7. The van der Waals surface area contributed by atoms with Gasteiger partial charge in [-0.25, -0.2) is 13.8 Å². The number of hydrogen-bond donors (Lipinski definition) is 1. The minimum absolute atomic E-state index is 0.353. The van der Waals surface area contributed by atoms with Crippen LogP contribution in [0.2, 0.25) is 0 Å². The molecule has 0 aliphatic rings. The Morgan fingerprint density at radius 3 is 2.50 bits per heavy atom. The second-order valence-corrected chi connectivity index (χ2v) is 3.40. The van der Waals surface area contributed by atoms with E-state index >= 15 is 0 Å². The molecule has 0 saturated heterocycles. The number of pyridine rings is 1. The van der Waals surface area contributed by atoms with E-state index in [9.17, 15) is 8.78 Å². The lowest BCUT2D eigenvalue weighted by Crippen LogP contribution is -2.11. The minimum atomic E-state index is -2.35. The molecule has 0 unspecified atom stereocenters. The van der Waals surface area contributed by atoms with Crippen molar-refractivity contribution in [3.05, 3.63) is 23.9 Å². The molecule has 2 nitrogen and oxygen atoms in total. The Morgan fingerprint density at radius 1 is 1.36 bits per heavy atom. The highest BCUT2D eigenvalue weighted by Crippen LogP contribution is 2.14. The van der Waals surface area contributed by atoms with E-state index in [4.69, 9.17) is 0 Å². The Morgan fingerprint density at radius 2 is 2.07 bits per heavy atom. The number of anilines is 1. The highest BCUT2D eigenvalue weighted by molar-refractivity contribution is 5.36. The molecule has 78 valence electrons. The molecule has 0 spiro atoms. The first-order chi connectivity index (χ1) is 6.59. The fourth-order valence-electron chi connectivity index (χ4n) is 1.03. The molecule has 14 heavy (non-hydrogen) atoms. The van der Waals surface area contributed by atoms with Crippen LogP contribution in [0.1, 0.15) is 25.3 Å². The van der Waals surface area contributed by atoms with Crippen LogP contribution >= 0.6 is 0 Å². The van der Waals surface area contributed by atoms with Gasteiger partial charge in [0.05, 0.1) is 6.54 Å². The maximum absolute atomic E-state index is 11.8. The lowest BCUT2D eigenvalue weighted by Gasteiger charge is -2.07. The number of hydrogen-bond acceptors (Lipinski definition) is 2. The SMILES string of the molecule is CC(C)c1ccc(NCC(F)F)nc1. The molecule has 0 bridgehead atoms. The zero-order valence-corrected chi connectivity index (χ0v) is 8.30. The standard InChI is InChI=1S/C10H14F2N2/c1-7(2)8-3-4-10(13-5-8)14-6-9(11)12/h3-5,7,9H,6H2,1-2H3,(H,13,14). The van der Waals surface area contributed by atoms with Crippen LogP contribution in [0, 0.1) is 0 Å². The second-order valence-electron chi connectivity index (χ2n) is 3.40. The third-order valence-electron chi connectivity index (χ3n) is 1.89. The molecule has 0 atom stereocenters. The third kappa shape index (κ3) is 3.28. The zero-order valence-electron chi connectivity index (χ0n) is 8.30. The van der Waals surface area contributed by atoms with Gasteiger partial charge in [0.1, 0.15) is 5.82 Å². The molecule has 0 aliphatic carbocycles. The third-order valence-corrected chi connectivity index (χ3v) is 1.89. The Kier molecular flexibility index (Phi) is 3.80. The van der Waals surface area contributed by atoms with Gasteiger partial charge in [-0.1, -0.05) is 19.9 Å². The summed E-state index contributed by atoms with van der Waals surface area (Å²) in [7, 11) is 0. The molecule has 1 heterocycles. The first kappa shape index (κ1) is 10.9. The van der Waals surface area contributed by atoms with E-state index in [1.807, 2.05) is 6.07 Å². The molecular weight excluding hydrogens is 186 g/mol. The van der Waals surface area contributed by atoms with Crippen molar-refractivity contribution in [2.24, 2.45) is 0 Å². The van der Waals surface area contributed by atoms with Crippen molar-refractivity contribution in [2.75, 3.05) is 11.9 Å². The summed E-state index contributed by atoms with van der Waals surface area (Å²) in [4.78, 5) is 4.03. The van der Waals surface area contributed by atoms with Crippen molar-refractivity contribution in [3.8, 4) is 0 Å². The van der Waals surface area contributed by atoms with E-state index < -0.39 is 6.43 Å². The quantitative estimate of drug-likeness (QED) is 0.808. The first-order valence-corrected chi connectivity index (χ1v) is 4.57. The van der Waals surface area contributed by atoms with Crippen LogP contribution in [0.3, 0.4) is 0 Å². The van der Waals surface area contributed by atoms with E-state index in [-0.39, 0.29) is 6.54 Å². The number of alkyl halides is 2. The molecule has 1 rings (SSSR count). The van der Waals surface area contributed by atoms with Crippen molar-refractivity contribution in [3.63, 3.8) is 0 Å². The summed E-state index contributed by atoms with van der Waals surface area (Å²) in [6, 6.07) is 3.61. The fourth-order valence-corrected chi connectivity index (χ4v) is 1.03. The predicted molar refractivity (Wildman–Crippen MR) is 52.8 cm³/mol. The van der Waals surface area contributed by atoms with Crippen LogP contribution in [0.25, 0.3) is 0 Å². The second kappa shape index (κ2) is 4.88. The molecule has 4 heteroatoms. The van der Waals surface area contributed by atoms with E-state index in [2.05, 4.69) is 24.1 Å². The average molecular weight is 200 g/mol. The predicted octanol–water partition coefficient (Wildman–Crippen LogP) is 2.88. The van der Waals surface area contributed by atoms with Crippen LogP contribution in [-0.4, -0.2) is 18.0 Å². The van der Waals surface area contributed by atoms with Gasteiger partial charge in [-0.05, 0) is 17.5 Å². The summed E-state index contributed by atoms with van der Waals surface area (Å²) in [5, 5.41) is 2.55. The van der Waals surface area contributed by atoms with Crippen LogP contribution in [0.5, 0.6) is 0 Å². The number of halogens is 2. The van der Waals surface area contributed by atoms with Gasteiger partial charge in [-0.15, -0.1) is 0 Å². The summed E-state index contributed by atoms with van der Waals surface area (Å²) in [6.45, 7) is 3.76. The van der Waals surface area contributed by atoms with E-state index in [0.717, 1.165) is 5.56 Å². The van der Waals surface area contributed by atoms with Gasteiger partial charge in [-0.2, -0.15) is 0 Å². The molecule has 0 radical (unpaired) electrons. The molecule has 1 aromatic rings. The highest BCUT2D eigenvalue weighted by atomic mass is 19.3. The number of nitrogens with one attached hydrogen (secondary N) is 1. The van der Waals surface area contributed by atoms with Gasteiger partial charge in [0.25, 0.3) is 6.43 Å². The van der Waals surface area contributed by atoms with Crippen molar-refractivity contribution in [2.45, 2.75) is 26.2 Å². The molecule has 0 saturated carbocycles. The molecular formula is C10H14F2N2. The van der Waals surface area contributed by atoms with Gasteiger partial charge in [0.15, 0.2) is 0 Å². The Hall–Kier alpha value is -1.19. The maximum Gasteiger partial charge on any atom is 0.255 e. The maximum atomic E-state index is 11.8. The Balaban J connectivity index is 2.55. The number of rotatable bonds is 4. The summed E-state index contributed by atoms with van der Waals surface area (Å²) in [6.07, 6.45) is -0.639. The van der Waals surface area contributed by atoms with Gasteiger partial charge < -0.3 is 5.32 Å². The Bertz CT molecular complexity index is 270. The lowest BCUT2D eigenvalue weighted by atomic mass is 10.1. The highest BCUT2D eigenvalue weighted by Gasteiger charge is 2.03. The van der Waals surface area contributed by atoms with Crippen LogP contribution in [0.4, 0.5) is 14.6 Å². The molecule has 1 N–H and O–H groups in total. The number of nitrogens with zero attached hydrogens (tertiary/aromatic N) is 1.